The molecule has 0 aliphatic carbocycles. The fourth-order valence-corrected chi connectivity index (χ4v) is 3.05. The molecule has 0 aromatic heterocycles. The van der Waals surface area contributed by atoms with E-state index >= 15 is 0 Å². The molecule has 0 saturated carbocycles. The Morgan fingerprint density at radius 1 is 1.50 bits per heavy atom. The van der Waals surface area contributed by atoms with E-state index < -0.39 is 6.10 Å². The molecule has 0 amide bonds. The Morgan fingerprint density at radius 3 is 2.95 bits per heavy atom. The zero-order valence-electron chi connectivity index (χ0n) is 11.6. The van der Waals surface area contributed by atoms with Gasteiger partial charge in [-0.15, -0.1) is 0 Å². The van der Waals surface area contributed by atoms with E-state index in [0.717, 1.165) is 29.8 Å². The summed E-state index contributed by atoms with van der Waals surface area (Å²) in [4.78, 5) is 13.7. The van der Waals surface area contributed by atoms with E-state index in [1.165, 1.54) is 0 Å². The molecule has 1 atom stereocenters. The molecule has 0 radical (unpaired) electrons. The van der Waals surface area contributed by atoms with Crippen LogP contribution in [0.25, 0.3) is 0 Å². The third-order valence-corrected chi connectivity index (χ3v) is 4.36. The summed E-state index contributed by atoms with van der Waals surface area (Å²) in [7, 11) is 0. The molecular weight excluding hydrogens is 256 g/mol. The molecule has 20 heavy (non-hydrogen) atoms. The van der Waals surface area contributed by atoms with Crippen molar-refractivity contribution in [3.05, 3.63) is 34.4 Å². The number of ether oxygens (including phenoxy) is 1. The van der Waals surface area contributed by atoms with E-state index in [9.17, 15) is 9.90 Å². The predicted octanol–water partition coefficient (Wildman–Crippen LogP) is 0.589. The van der Waals surface area contributed by atoms with Gasteiger partial charge >= 0.3 is 5.97 Å². The van der Waals surface area contributed by atoms with Crippen LogP contribution in [0.2, 0.25) is 0 Å². The largest absolute Gasteiger partial charge is 0.457 e. The Labute approximate surface area is 118 Å². The molecule has 108 valence electrons. The van der Waals surface area contributed by atoms with Gasteiger partial charge in [0.15, 0.2) is 0 Å². The normalized spacial score (nSPS) is 20.4. The minimum absolute atomic E-state index is 0.266. The third-order valence-electron chi connectivity index (χ3n) is 4.36. The number of nitrogens with two attached hydrogens (primary N) is 1. The minimum Gasteiger partial charge on any atom is -0.457 e. The van der Waals surface area contributed by atoms with Gasteiger partial charge < -0.3 is 15.6 Å². The number of benzene rings is 1. The number of rotatable bonds is 4. The first-order valence-electron chi connectivity index (χ1n) is 7.00. The Morgan fingerprint density at radius 2 is 2.25 bits per heavy atom. The van der Waals surface area contributed by atoms with Gasteiger partial charge in [-0.05, 0) is 36.6 Å². The average molecular weight is 276 g/mol. The molecule has 1 aromatic carbocycles. The Kier molecular flexibility index (Phi) is 3.50. The van der Waals surface area contributed by atoms with E-state index in [1.807, 2.05) is 13.0 Å². The van der Waals surface area contributed by atoms with Crippen LogP contribution < -0.4 is 5.73 Å². The van der Waals surface area contributed by atoms with Crippen molar-refractivity contribution < 1.29 is 14.6 Å². The van der Waals surface area contributed by atoms with Gasteiger partial charge in [0.1, 0.15) is 6.61 Å². The van der Waals surface area contributed by atoms with Crippen LogP contribution in [0.4, 0.5) is 0 Å². The van der Waals surface area contributed by atoms with Crippen molar-refractivity contribution >= 4 is 5.97 Å². The van der Waals surface area contributed by atoms with E-state index in [4.69, 9.17) is 10.5 Å². The van der Waals surface area contributed by atoms with E-state index in [-0.39, 0.29) is 5.97 Å². The number of likely N-dealkylation sites (tertiary alicyclic amines) is 1. The van der Waals surface area contributed by atoms with Crippen molar-refractivity contribution in [3.63, 3.8) is 0 Å². The number of nitrogens with zero attached hydrogens (tertiary/aromatic N) is 1. The van der Waals surface area contributed by atoms with Crippen LogP contribution in [0.1, 0.15) is 33.2 Å². The monoisotopic (exact) mass is 276 g/mol. The smallest absolute Gasteiger partial charge is 0.338 e. The Bertz CT molecular complexity index is 538. The maximum atomic E-state index is 11.5. The van der Waals surface area contributed by atoms with Crippen LogP contribution >= 0.6 is 0 Å². The minimum atomic E-state index is -0.533. The summed E-state index contributed by atoms with van der Waals surface area (Å²) in [6.07, 6.45) is -0.533. The SMILES string of the molecule is Cc1c(C(O)CN2CC(CN)C2)ccc2c1COC2=O. The highest BCUT2D eigenvalue weighted by Crippen LogP contribution is 2.30. The molecule has 2 aliphatic heterocycles. The summed E-state index contributed by atoms with van der Waals surface area (Å²) >= 11 is 0. The second-order valence-corrected chi connectivity index (χ2v) is 5.72. The van der Waals surface area contributed by atoms with Gasteiger partial charge in [-0.1, -0.05) is 6.07 Å². The molecular formula is C15H20N2O3. The summed E-state index contributed by atoms with van der Waals surface area (Å²) in [5.41, 5.74) is 9.00. The number of hydrogen-bond acceptors (Lipinski definition) is 5. The highest BCUT2D eigenvalue weighted by Gasteiger charge is 2.29. The molecule has 5 heteroatoms. The van der Waals surface area contributed by atoms with Crippen molar-refractivity contribution in [1.82, 2.24) is 4.90 Å². The quantitative estimate of drug-likeness (QED) is 0.787. The zero-order chi connectivity index (χ0) is 14.3. The summed E-state index contributed by atoms with van der Waals surface area (Å²) < 4.78 is 5.04. The van der Waals surface area contributed by atoms with Crippen LogP contribution in [0.3, 0.4) is 0 Å². The van der Waals surface area contributed by atoms with Gasteiger partial charge in [-0.25, -0.2) is 4.79 Å². The first-order chi connectivity index (χ1) is 9.60. The van der Waals surface area contributed by atoms with Crippen LogP contribution in [0.5, 0.6) is 0 Å². The fourth-order valence-electron chi connectivity index (χ4n) is 3.05. The van der Waals surface area contributed by atoms with Gasteiger partial charge in [0.05, 0.1) is 11.7 Å². The van der Waals surface area contributed by atoms with E-state index in [0.29, 0.717) is 31.2 Å². The van der Waals surface area contributed by atoms with Crippen molar-refractivity contribution in [2.24, 2.45) is 11.7 Å². The first kappa shape index (κ1) is 13.5. The second-order valence-electron chi connectivity index (χ2n) is 5.72. The molecule has 2 heterocycles. The maximum Gasteiger partial charge on any atom is 0.338 e. The molecule has 2 aliphatic rings. The molecule has 0 bridgehead atoms. The van der Waals surface area contributed by atoms with Gasteiger partial charge in [-0.3, -0.25) is 4.90 Å². The number of fused-ring (bicyclic) bond motifs is 1. The average Bonchev–Trinajstić information content (AvgIpc) is 2.76. The highest BCUT2D eigenvalue weighted by atomic mass is 16.5. The third kappa shape index (κ3) is 2.22. The number of carbonyl (C=O) groups is 1. The topological polar surface area (TPSA) is 75.8 Å². The Balaban J connectivity index is 1.73. The lowest BCUT2D eigenvalue weighted by atomic mass is 9.93. The first-order valence-corrected chi connectivity index (χ1v) is 7.00. The summed E-state index contributed by atoms with van der Waals surface area (Å²) in [5, 5.41) is 10.4. The van der Waals surface area contributed by atoms with Crippen molar-refractivity contribution in [2.45, 2.75) is 19.6 Å². The Hall–Kier alpha value is -1.43. The number of carbonyl (C=O) groups excluding carboxylic acids is 1. The zero-order valence-corrected chi connectivity index (χ0v) is 11.6. The van der Waals surface area contributed by atoms with Crippen molar-refractivity contribution in [3.8, 4) is 0 Å². The lowest BCUT2D eigenvalue weighted by Crippen LogP contribution is -2.51. The molecule has 5 nitrogen and oxygen atoms in total. The molecule has 3 N–H and O–H groups in total. The molecule has 1 saturated heterocycles. The van der Waals surface area contributed by atoms with Gasteiger partial charge in [-0.2, -0.15) is 0 Å². The number of esters is 1. The molecule has 3 rings (SSSR count). The van der Waals surface area contributed by atoms with Crippen LogP contribution in [-0.2, 0) is 11.3 Å². The predicted molar refractivity (Wildman–Crippen MR) is 74.2 cm³/mol. The van der Waals surface area contributed by atoms with Gasteiger partial charge in [0.25, 0.3) is 0 Å². The summed E-state index contributed by atoms with van der Waals surface area (Å²) in [5.74, 6) is 0.298. The highest BCUT2D eigenvalue weighted by molar-refractivity contribution is 5.93. The number of aliphatic hydroxyl groups is 1. The number of cyclic esters (lactones) is 1. The van der Waals surface area contributed by atoms with Crippen LogP contribution in [0, 0.1) is 12.8 Å². The molecule has 1 fully saturated rings. The summed E-state index contributed by atoms with van der Waals surface area (Å²) in [6, 6.07) is 3.60. The van der Waals surface area contributed by atoms with E-state index in [1.54, 1.807) is 6.07 Å². The van der Waals surface area contributed by atoms with Gasteiger partial charge in [0, 0.05) is 25.2 Å². The lowest BCUT2D eigenvalue weighted by Gasteiger charge is -2.39. The van der Waals surface area contributed by atoms with Crippen LogP contribution in [-0.4, -0.2) is 42.2 Å². The second kappa shape index (κ2) is 5.16. The van der Waals surface area contributed by atoms with Gasteiger partial charge in [0.2, 0.25) is 0 Å². The summed E-state index contributed by atoms with van der Waals surface area (Å²) in [6.45, 7) is 5.50. The van der Waals surface area contributed by atoms with Crippen molar-refractivity contribution in [2.75, 3.05) is 26.2 Å². The molecule has 1 aromatic rings. The van der Waals surface area contributed by atoms with Crippen molar-refractivity contribution in [1.29, 1.82) is 0 Å². The number of β-amino-alcohol motifs (C(OH)–C–C–N with tert-alkyl or cyclic N) is 1. The molecule has 0 spiro atoms. The fraction of sp³-hybridized carbons (Fsp3) is 0.533. The van der Waals surface area contributed by atoms with E-state index in [2.05, 4.69) is 4.90 Å². The number of hydrogen-bond donors (Lipinski definition) is 2. The molecule has 1 unspecified atom stereocenters. The van der Waals surface area contributed by atoms with Crippen LogP contribution in [0.15, 0.2) is 12.1 Å². The lowest BCUT2D eigenvalue weighted by molar-refractivity contribution is 0.0426. The maximum absolute atomic E-state index is 11.5. The number of aliphatic hydroxyl groups excluding tert-OH is 1. The standard InChI is InChI=1S/C15H20N2O3/c1-9-11(2-3-12-13(9)8-20-15(12)19)14(18)7-17-5-10(4-16)6-17/h2-3,10,14,18H,4-8,16H2,1H3.